The van der Waals surface area contributed by atoms with Crippen LogP contribution in [0.2, 0.25) is 0 Å². The van der Waals surface area contributed by atoms with Crippen molar-refractivity contribution in [2.75, 3.05) is 5.32 Å². The van der Waals surface area contributed by atoms with Crippen LogP contribution in [0, 0.1) is 6.92 Å². The van der Waals surface area contributed by atoms with E-state index in [0.29, 0.717) is 18.2 Å². The Labute approximate surface area is 133 Å². The van der Waals surface area contributed by atoms with Crippen molar-refractivity contribution in [3.05, 3.63) is 78.0 Å². The summed E-state index contributed by atoms with van der Waals surface area (Å²) in [7, 11) is 0. The molecule has 0 unspecified atom stereocenters. The van der Waals surface area contributed by atoms with E-state index >= 15 is 0 Å². The van der Waals surface area contributed by atoms with Crippen LogP contribution in [0.1, 0.15) is 21.9 Å². The number of aromatic nitrogens is 1. The Kier molecular flexibility index (Phi) is 4.38. The first-order chi connectivity index (χ1) is 11.2. The minimum Gasteiger partial charge on any atom is -0.489 e. The summed E-state index contributed by atoms with van der Waals surface area (Å²) in [4.78, 5) is 15.9. The Bertz CT molecular complexity index is 780. The van der Waals surface area contributed by atoms with Gasteiger partial charge in [0.2, 0.25) is 0 Å². The van der Waals surface area contributed by atoms with Gasteiger partial charge >= 0.3 is 0 Å². The lowest BCUT2D eigenvalue weighted by Crippen LogP contribution is -2.12. The normalized spacial score (nSPS) is 10.3. The van der Waals surface area contributed by atoms with Crippen molar-refractivity contribution in [1.82, 2.24) is 4.98 Å². The van der Waals surface area contributed by atoms with Gasteiger partial charge in [-0.25, -0.2) is 4.98 Å². The van der Waals surface area contributed by atoms with Gasteiger partial charge in [-0.2, -0.15) is 0 Å². The highest BCUT2D eigenvalue weighted by molar-refractivity contribution is 6.02. The number of hydrogen-bond donors (Lipinski definition) is 1. The second-order valence-electron chi connectivity index (χ2n) is 5.00. The van der Waals surface area contributed by atoms with Crippen molar-refractivity contribution >= 4 is 11.6 Å². The molecule has 3 aromatic rings. The van der Waals surface area contributed by atoms with Crippen LogP contribution in [0.25, 0.3) is 0 Å². The molecule has 0 radical (unpaired) electrons. The highest BCUT2D eigenvalue weighted by atomic mass is 16.5. The molecular formula is C18H16N2O3. The first kappa shape index (κ1) is 14.8. The van der Waals surface area contributed by atoms with E-state index in [-0.39, 0.29) is 11.6 Å². The molecule has 1 N–H and O–H groups in total. The largest absolute Gasteiger partial charge is 0.489 e. The summed E-state index contributed by atoms with van der Waals surface area (Å²) in [6.07, 6.45) is 1.34. The third kappa shape index (κ3) is 3.97. The zero-order valence-corrected chi connectivity index (χ0v) is 12.7. The van der Waals surface area contributed by atoms with Crippen molar-refractivity contribution in [2.45, 2.75) is 13.5 Å². The van der Waals surface area contributed by atoms with Gasteiger partial charge in [0.25, 0.3) is 5.91 Å². The second kappa shape index (κ2) is 6.79. The Balaban J connectivity index is 1.57. The summed E-state index contributed by atoms with van der Waals surface area (Å²) in [6, 6.07) is 17.1. The molecule has 1 aromatic heterocycles. The zero-order chi connectivity index (χ0) is 16.1. The molecule has 5 heteroatoms. The predicted molar refractivity (Wildman–Crippen MR) is 86.4 cm³/mol. The van der Waals surface area contributed by atoms with Crippen LogP contribution < -0.4 is 10.1 Å². The summed E-state index contributed by atoms with van der Waals surface area (Å²) in [5, 5.41) is 2.76. The molecule has 1 amide bonds. The summed E-state index contributed by atoms with van der Waals surface area (Å²) in [6.45, 7) is 2.19. The number of rotatable bonds is 5. The maximum atomic E-state index is 12.0. The monoisotopic (exact) mass is 308 g/mol. The molecule has 0 spiro atoms. The average Bonchev–Trinajstić information content (AvgIpc) is 3.02. The SMILES string of the molecule is Cc1nc(C(=O)Nc2ccc(OCc3ccccc3)cc2)co1. The molecule has 0 saturated heterocycles. The van der Waals surface area contributed by atoms with Crippen molar-refractivity contribution in [3.8, 4) is 5.75 Å². The predicted octanol–water partition coefficient (Wildman–Crippen LogP) is 3.81. The number of carbonyl (C=O) groups is 1. The first-order valence-corrected chi connectivity index (χ1v) is 7.21. The van der Waals surface area contributed by atoms with E-state index in [1.807, 2.05) is 42.5 Å². The van der Waals surface area contributed by atoms with Crippen LogP contribution in [-0.4, -0.2) is 10.9 Å². The molecule has 0 fully saturated rings. The molecule has 3 rings (SSSR count). The van der Waals surface area contributed by atoms with E-state index in [1.54, 1.807) is 19.1 Å². The van der Waals surface area contributed by atoms with Crippen molar-refractivity contribution < 1.29 is 13.9 Å². The summed E-state index contributed by atoms with van der Waals surface area (Å²) < 4.78 is 10.7. The minimum absolute atomic E-state index is 0.256. The average molecular weight is 308 g/mol. The first-order valence-electron chi connectivity index (χ1n) is 7.21. The van der Waals surface area contributed by atoms with E-state index in [4.69, 9.17) is 9.15 Å². The Morgan fingerprint density at radius 3 is 2.52 bits per heavy atom. The molecular weight excluding hydrogens is 292 g/mol. The van der Waals surface area contributed by atoms with Gasteiger partial charge in [-0.3, -0.25) is 4.79 Å². The molecule has 0 bridgehead atoms. The minimum atomic E-state index is -0.306. The molecule has 23 heavy (non-hydrogen) atoms. The topological polar surface area (TPSA) is 64.4 Å². The van der Waals surface area contributed by atoms with Gasteiger partial charge in [0.15, 0.2) is 11.6 Å². The summed E-state index contributed by atoms with van der Waals surface area (Å²) in [5.74, 6) is 0.892. The number of ether oxygens (including phenoxy) is 1. The van der Waals surface area contributed by atoms with E-state index in [9.17, 15) is 4.79 Å². The number of nitrogens with one attached hydrogen (secondary N) is 1. The maximum absolute atomic E-state index is 12.0. The van der Waals surface area contributed by atoms with Crippen LogP contribution in [0.3, 0.4) is 0 Å². The number of anilines is 1. The Morgan fingerprint density at radius 2 is 1.87 bits per heavy atom. The number of nitrogens with zero attached hydrogens (tertiary/aromatic N) is 1. The standard InChI is InChI=1S/C18H16N2O3/c1-13-19-17(12-22-13)18(21)20-15-7-9-16(10-8-15)23-11-14-5-3-2-4-6-14/h2-10,12H,11H2,1H3,(H,20,21). The van der Waals surface area contributed by atoms with Gasteiger partial charge in [0.1, 0.15) is 18.6 Å². The zero-order valence-electron chi connectivity index (χ0n) is 12.7. The van der Waals surface area contributed by atoms with Crippen molar-refractivity contribution in [1.29, 1.82) is 0 Å². The van der Waals surface area contributed by atoms with E-state index in [0.717, 1.165) is 11.3 Å². The Hall–Kier alpha value is -3.08. The third-order valence-electron chi connectivity index (χ3n) is 3.21. The number of carbonyl (C=O) groups excluding carboxylic acids is 1. The number of hydrogen-bond acceptors (Lipinski definition) is 4. The van der Waals surface area contributed by atoms with Gasteiger partial charge in [0, 0.05) is 12.6 Å². The van der Waals surface area contributed by atoms with E-state index in [2.05, 4.69) is 10.3 Å². The Morgan fingerprint density at radius 1 is 1.13 bits per heavy atom. The fourth-order valence-corrected chi connectivity index (χ4v) is 2.04. The number of amides is 1. The highest BCUT2D eigenvalue weighted by Gasteiger charge is 2.10. The van der Waals surface area contributed by atoms with Gasteiger partial charge in [-0.15, -0.1) is 0 Å². The van der Waals surface area contributed by atoms with Crippen molar-refractivity contribution in [3.63, 3.8) is 0 Å². The molecule has 0 atom stereocenters. The molecule has 0 aliphatic carbocycles. The number of benzene rings is 2. The van der Waals surface area contributed by atoms with Crippen LogP contribution in [0.4, 0.5) is 5.69 Å². The lowest BCUT2D eigenvalue weighted by Gasteiger charge is -2.08. The van der Waals surface area contributed by atoms with Gasteiger partial charge in [0.05, 0.1) is 0 Å². The molecule has 0 saturated carbocycles. The molecule has 5 nitrogen and oxygen atoms in total. The van der Waals surface area contributed by atoms with Crippen LogP contribution in [0.5, 0.6) is 5.75 Å². The van der Waals surface area contributed by atoms with Crippen LogP contribution >= 0.6 is 0 Å². The molecule has 1 heterocycles. The number of aryl methyl sites for hydroxylation is 1. The fourth-order valence-electron chi connectivity index (χ4n) is 2.04. The highest BCUT2D eigenvalue weighted by Crippen LogP contribution is 2.17. The molecule has 0 aliphatic rings. The maximum Gasteiger partial charge on any atom is 0.277 e. The molecule has 0 aliphatic heterocycles. The van der Waals surface area contributed by atoms with Crippen molar-refractivity contribution in [2.24, 2.45) is 0 Å². The van der Waals surface area contributed by atoms with Gasteiger partial charge < -0.3 is 14.5 Å². The summed E-state index contributed by atoms with van der Waals surface area (Å²) >= 11 is 0. The van der Waals surface area contributed by atoms with Crippen LogP contribution in [0.15, 0.2) is 65.3 Å². The molecule has 2 aromatic carbocycles. The van der Waals surface area contributed by atoms with E-state index < -0.39 is 0 Å². The van der Waals surface area contributed by atoms with Gasteiger partial charge in [-0.05, 0) is 29.8 Å². The third-order valence-corrected chi connectivity index (χ3v) is 3.21. The summed E-state index contributed by atoms with van der Waals surface area (Å²) in [5.41, 5.74) is 2.03. The lowest BCUT2D eigenvalue weighted by molar-refractivity contribution is 0.102. The van der Waals surface area contributed by atoms with E-state index in [1.165, 1.54) is 6.26 Å². The second-order valence-corrected chi connectivity index (χ2v) is 5.00. The lowest BCUT2D eigenvalue weighted by atomic mass is 10.2. The molecule has 116 valence electrons. The quantitative estimate of drug-likeness (QED) is 0.778. The number of oxazole rings is 1. The van der Waals surface area contributed by atoms with Crippen LogP contribution in [-0.2, 0) is 6.61 Å². The van der Waals surface area contributed by atoms with Gasteiger partial charge in [-0.1, -0.05) is 30.3 Å². The smallest absolute Gasteiger partial charge is 0.277 e. The fraction of sp³-hybridized carbons (Fsp3) is 0.111.